The number of esters is 1. The molecule has 0 saturated heterocycles. The number of aryl methyl sites for hydroxylation is 1. The van der Waals surface area contributed by atoms with Gasteiger partial charge in [0, 0.05) is 17.8 Å². The van der Waals surface area contributed by atoms with E-state index in [9.17, 15) is 4.79 Å². The Kier molecular flexibility index (Phi) is 2.65. The van der Waals surface area contributed by atoms with Crippen molar-refractivity contribution in [3.8, 4) is 5.75 Å². The van der Waals surface area contributed by atoms with Gasteiger partial charge in [-0.25, -0.2) is 14.3 Å². The number of rotatable bonds is 2. The maximum atomic E-state index is 12.4. The van der Waals surface area contributed by atoms with Crippen molar-refractivity contribution in [2.45, 2.75) is 6.92 Å². The number of carbonyl (C=O) groups is 1. The Morgan fingerprint density at radius 1 is 1.36 bits per heavy atom. The molecule has 0 bridgehead atoms. The average molecular weight is 293 g/mol. The van der Waals surface area contributed by atoms with Crippen LogP contribution in [-0.2, 0) is 0 Å². The lowest BCUT2D eigenvalue weighted by atomic mass is 10.2. The number of fused-ring (bicyclic) bond motifs is 2. The van der Waals surface area contributed by atoms with E-state index in [1.807, 2.05) is 6.07 Å². The molecule has 4 rings (SSSR count). The summed E-state index contributed by atoms with van der Waals surface area (Å²) in [6.07, 6.45) is 5.03. The van der Waals surface area contributed by atoms with Gasteiger partial charge in [0.25, 0.3) is 0 Å². The normalized spacial score (nSPS) is 11.1. The molecule has 0 saturated carbocycles. The first kappa shape index (κ1) is 12.5. The number of ether oxygens (including phenoxy) is 1. The van der Waals surface area contributed by atoms with Crippen LogP contribution in [0.25, 0.3) is 16.6 Å². The van der Waals surface area contributed by atoms with Gasteiger partial charge >= 0.3 is 5.97 Å². The number of nitrogens with zero attached hydrogens (tertiary/aromatic N) is 4. The van der Waals surface area contributed by atoms with E-state index < -0.39 is 5.97 Å². The lowest BCUT2D eigenvalue weighted by molar-refractivity contribution is 0.0736. The van der Waals surface area contributed by atoms with Gasteiger partial charge in [-0.2, -0.15) is 10.2 Å². The number of aromatic nitrogens is 5. The summed E-state index contributed by atoms with van der Waals surface area (Å²) in [7, 11) is 0. The van der Waals surface area contributed by atoms with E-state index in [2.05, 4.69) is 20.3 Å². The van der Waals surface area contributed by atoms with Gasteiger partial charge in [0.05, 0.1) is 17.4 Å². The second-order valence-electron chi connectivity index (χ2n) is 4.86. The minimum atomic E-state index is -0.478. The van der Waals surface area contributed by atoms with E-state index >= 15 is 0 Å². The van der Waals surface area contributed by atoms with Crippen molar-refractivity contribution in [2.24, 2.45) is 0 Å². The second-order valence-corrected chi connectivity index (χ2v) is 4.86. The molecular formula is C15H11N5O2. The smallest absolute Gasteiger partial charge is 0.349 e. The minimum absolute atomic E-state index is 0.368. The largest absolute Gasteiger partial charge is 0.423 e. The number of hydrogen-bond donors (Lipinski definition) is 1. The molecular weight excluding hydrogens is 282 g/mol. The second kappa shape index (κ2) is 4.66. The third-order valence-corrected chi connectivity index (χ3v) is 3.40. The van der Waals surface area contributed by atoms with Gasteiger partial charge in [0.1, 0.15) is 11.3 Å². The molecule has 22 heavy (non-hydrogen) atoms. The number of aromatic amines is 1. The molecule has 7 nitrogen and oxygen atoms in total. The molecule has 0 unspecified atom stereocenters. The van der Waals surface area contributed by atoms with Crippen molar-refractivity contribution in [2.75, 3.05) is 0 Å². The lowest BCUT2D eigenvalue weighted by Gasteiger charge is -2.03. The fourth-order valence-corrected chi connectivity index (χ4v) is 2.38. The maximum absolute atomic E-state index is 12.4. The highest BCUT2D eigenvalue weighted by molar-refractivity contribution is 5.98. The van der Waals surface area contributed by atoms with Crippen molar-refractivity contribution >= 4 is 22.5 Å². The first-order valence-electron chi connectivity index (χ1n) is 6.67. The maximum Gasteiger partial charge on any atom is 0.349 e. The van der Waals surface area contributed by atoms with E-state index in [4.69, 9.17) is 4.74 Å². The summed E-state index contributed by atoms with van der Waals surface area (Å²) in [5, 5.41) is 11.9. The molecule has 3 heterocycles. The molecule has 7 heteroatoms. The highest BCUT2D eigenvalue weighted by Gasteiger charge is 2.20. The molecule has 0 aliphatic rings. The third-order valence-electron chi connectivity index (χ3n) is 3.40. The summed E-state index contributed by atoms with van der Waals surface area (Å²) in [5.41, 5.74) is 2.31. The van der Waals surface area contributed by atoms with Crippen LogP contribution in [-0.4, -0.2) is 30.8 Å². The van der Waals surface area contributed by atoms with E-state index in [0.717, 1.165) is 10.9 Å². The number of carbonyl (C=O) groups excluding carboxylic acids is 1. The monoisotopic (exact) mass is 293 g/mol. The first-order chi connectivity index (χ1) is 10.7. The number of benzene rings is 1. The number of nitrogens with one attached hydrogen (secondary N) is 1. The Hall–Kier alpha value is -3.22. The van der Waals surface area contributed by atoms with Gasteiger partial charge in [0.2, 0.25) is 0 Å². The molecule has 0 amide bonds. The van der Waals surface area contributed by atoms with Gasteiger partial charge in [-0.3, -0.25) is 5.10 Å². The Morgan fingerprint density at radius 2 is 2.27 bits per heavy atom. The Morgan fingerprint density at radius 3 is 3.18 bits per heavy atom. The van der Waals surface area contributed by atoms with Crippen LogP contribution in [0.2, 0.25) is 0 Å². The summed E-state index contributed by atoms with van der Waals surface area (Å²) >= 11 is 0. The van der Waals surface area contributed by atoms with E-state index in [0.29, 0.717) is 22.7 Å². The van der Waals surface area contributed by atoms with E-state index in [-0.39, 0.29) is 0 Å². The summed E-state index contributed by atoms with van der Waals surface area (Å²) in [6, 6.07) is 7.03. The molecule has 108 valence electrons. The molecule has 0 aliphatic heterocycles. The van der Waals surface area contributed by atoms with Gasteiger partial charge < -0.3 is 4.74 Å². The zero-order valence-corrected chi connectivity index (χ0v) is 11.6. The highest BCUT2D eigenvalue weighted by atomic mass is 16.5. The van der Waals surface area contributed by atoms with Gasteiger partial charge in [0.15, 0.2) is 5.65 Å². The fourth-order valence-electron chi connectivity index (χ4n) is 2.38. The van der Waals surface area contributed by atoms with Crippen LogP contribution in [0.3, 0.4) is 0 Å². The quantitative estimate of drug-likeness (QED) is 0.452. The average Bonchev–Trinajstić information content (AvgIpc) is 3.09. The van der Waals surface area contributed by atoms with Crippen molar-refractivity contribution in [1.29, 1.82) is 0 Å². The van der Waals surface area contributed by atoms with Gasteiger partial charge in [-0.1, -0.05) is 0 Å². The molecule has 0 fully saturated rings. The van der Waals surface area contributed by atoms with Crippen molar-refractivity contribution in [3.63, 3.8) is 0 Å². The highest BCUT2D eigenvalue weighted by Crippen LogP contribution is 2.21. The molecule has 4 aromatic rings. The van der Waals surface area contributed by atoms with E-state index in [1.165, 1.54) is 0 Å². The molecule has 1 aromatic carbocycles. The van der Waals surface area contributed by atoms with Crippen molar-refractivity contribution < 1.29 is 9.53 Å². The molecule has 0 atom stereocenters. The number of H-pyrrole nitrogens is 1. The van der Waals surface area contributed by atoms with Crippen LogP contribution in [0.4, 0.5) is 0 Å². The Labute approximate surface area is 124 Å². The molecule has 1 N–H and O–H groups in total. The molecule has 3 aromatic heterocycles. The third kappa shape index (κ3) is 1.91. The SMILES string of the molecule is Cc1nn2cccnc2c1C(=O)Oc1ccc2[nH]ncc2c1. The topological polar surface area (TPSA) is 85.2 Å². The van der Waals surface area contributed by atoms with Crippen molar-refractivity contribution in [3.05, 3.63) is 54.1 Å². The molecule has 0 aliphatic carbocycles. The van der Waals surface area contributed by atoms with Crippen LogP contribution >= 0.6 is 0 Å². The van der Waals surface area contributed by atoms with Crippen LogP contribution in [0, 0.1) is 6.92 Å². The Bertz CT molecular complexity index is 1000. The summed E-state index contributed by atoms with van der Waals surface area (Å²) in [5.74, 6) is -0.0253. The van der Waals surface area contributed by atoms with Crippen LogP contribution in [0.15, 0.2) is 42.9 Å². The standard InChI is InChI=1S/C15H11N5O2/c1-9-13(14-16-5-2-6-20(14)19-9)15(21)22-11-3-4-12-10(7-11)8-17-18-12/h2-8H,1H3,(H,17,18). The zero-order chi connectivity index (χ0) is 15.1. The molecule has 0 spiro atoms. The summed E-state index contributed by atoms with van der Waals surface area (Å²) in [6.45, 7) is 1.75. The number of hydrogen-bond acceptors (Lipinski definition) is 5. The predicted octanol–water partition coefficient (Wildman–Crippen LogP) is 2.13. The zero-order valence-electron chi connectivity index (χ0n) is 11.6. The van der Waals surface area contributed by atoms with Crippen molar-refractivity contribution in [1.82, 2.24) is 24.8 Å². The van der Waals surface area contributed by atoms with Crippen LogP contribution in [0.5, 0.6) is 5.75 Å². The van der Waals surface area contributed by atoms with Crippen LogP contribution in [0.1, 0.15) is 16.1 Å². The summed E-state index contributed by atoms with van der Waals surface area (Å²) in [4.78, 5) is 16.6. The van der Waals surface area contributed by atoms with Gasteiger partial charge in [-0.05, 0) is 31.2 Å². The minimum Gasteiger partial charge on any atom is -0.423 e. The first-order valence-corrected chi connectivity index (χ1v) is 6.67. The Balaban J connectivity index is 1.72. The lowest BCUT2D eigenvalue weighted by Crippen LogP contribution is -2.10. The molecule has 0 radical (unpaired) electrons. The predicted molar refractivity (Wildman–Crippen MR) is 78.8 cm³/mol. The van der Waals surface area contributed by atoms with E-state index in [1.54, 1.807) is 48.2 Å². The van der Waals surface area contributed by atoms with Gasteiger partial charge in [-0.15, -0.1) is 0 Å². The van der Waals surface area contributed by atoms with Crippen LogP contribution < -0.4 is 4.74 Å². The fraction of sp³-hybridized carbons (Fsp3) is 0.0667. The summed E-state index contributed by atoms with van der Waals surface area (Å²) < 4.78 is 7.01.